The minimum atomic E-state index is -3.21. The van der Waals surface area contributed by atoms with E-state index in [0.29, 0.717) is 10.7 Å². The lowest BCUT2D eigenvalue weighted by Crippen LogP contribution is -2.59. The van der Waals surface area contributed by atoms with Crippen molar-refractivity contribution in [2.45, 2.75) is 45.8 Å². The van der Waals surface area contributed by atoms with Crippen LogP contribution in [-0.4, -0.2) is 61.6 Å². The molecule has 0 aromatic heterocycles. The van der Waals surface area contributed by atoms with Crippen molar-refractivity contribution in [2.75, 3.05) is 29.5 Å². The molecule has 0 radical (unpaired) electrons. The minimum absolute atomic E-state index is 0.0308. The molecule has 28 heavy (non-hydrogen) atoms. The first-order valence-electron chi connectivity index (χ1n) is 9.18. The van der Waals surface area contributed by atoms with Gasteiger partial charge in [-0.3, -0.25) is 9.69 Å². The van der Waals surface area contributed by atoms with Gasteiger partial charge in [-0.15, -0.1) is 0 Å². The van der Waals surface area contributed by atoms with E-state index < -0.39 is 27.6 Å². The first-order valence-corrected chi connectivity index (χ1v) is 11.4. The average Bonchev–Trinajstić information content (AvgIpc) is 2.59. The van der Waals surface area contributed by atoms with E-state index in [2.05, 4.69) is 0 Å². The SMILES string of the molecule is CCS(=O)(=O)CC[C@H]1CN(c2cccc(Cl)c2)C(=O)CN1C(=O)OC(C)(C)C. The molecule has 0 N–H and O–H groups in total. The van der Waals surface area contributed by atoms with Crippen molar-refractivity contribution in [1.29, 1.82) is 0 Å². The third-order valence-corrected chi connectivity index (χ3v) is 6.36. The summed E-state index contributed by atoms with van der Waals surface area (Å²) in [6.45, 7) is 6.81. The molecule has 0 aliphatic carbocycles. The van der Waals surface area contributed by atoms with E-state index in [4.69, 9.17) is 16.3 Å². The van der Waals surface area contributed by atoms with Gasteiger partial charge in [-0.2, -0.15) is 0 Å². The molecule has 0 bridgehead atoms. The average molecular weight is 431 g/mol. The highest BCUT2D eigenvalue weighted by molar-refractivity contribution is 7.91. The molecule has 1 aromatic rings. The molecule has 1 heterocycles. The molecule has 156 valence electrons. The molecule has 1 atom stereocenters. The number of rotatable bonds is 5. The summed E-state index contributed by atoms with van der Waals surface area (Å²) in [5.74, 6) is -0.309. The molecule has 1 aliphatic heterocycles. The van der Waals surface area contributed by atoms with Crippen LogP contribution in [0, 0.1) is 0 Å². The first kappa shape index (κ1) is 22.5. The molecule has 7 nitrogen and oxygen atoms in total. The maximum absolute atomic E-state index is 12.7. The number of ether oxygens (including phenoxy) is 1. The number of piperazine rings is 1. The molecule has 0 unspecified atom stereocenters. The van der Waals surface area contributed by atoms with E-state index in [1.54, 1.807) is 52.0 Å². The van der Waals surface area contributed by atoms with Crippen LogP contribution in [0.4, 0.5) is 10.5 Å². The number of benzene rings is 1. The second kappa shape index (κ2) is 8.69. The number of amides is 2. The lowest BCUT2D eigenvalue weighted by Gasteiger charge is -2.41. The number of nitrogens with zero attached hydrogens (tertiary/aromatic N) is 2. The number of hydrogen-bond donors (Lipinski definition) is 0. The van der Waals surface area contributed by atoms with Crippen molar-refractivity contribution in [2.24, 2.45) is 0 Å². The molecule has 0 spiro atoms. The highest BCUT2D eigenvalue weighted by Crippen LogP contribution is 2.26. The summed E-state index contributed by atoms with van der Waals surface area (Å²) in [7, 11) is -3.21. The summed E-state index contributed by atoms with van der Waals surface area (Å²) in [5, 5.41) is 0.491. The van der Waals surface area contributed by atoms with Crippen LogP contribution in [-0.2, 0) is 19.4 Å². The Morgan fingerprint density at radius 2 is 2.00 bits per heavy atom. The summed E-state index contributed by atoms with van der Waals surface area (Å²) >= 11 is 6.04. The number of sulfone groups is 1. The van der Waals surface area contributed by atoms with Gasteiger partial charge in [0.15, 0.2) is 0 Å². The van der Waals surface area contributed by atoms with Crippen LogP contribution < -0.4 is 4.90 Å². The Bertz CT molecular complexity index is 835. The lowest BCUT2D eigenvalue weighted by atomic mass is 10.1. The topological polar surface area (TPSA) is 84.0 Å². The van der Waals surface area contributed by atoms with Crippen LogP contribution in [0.25, 0.3) is 0 Å². The van der Waals surface area contributed by atoms with Crippen molar-refractivity contribution in [3.8, 4) is 0 Å². The zero-order valence-electron chi connectivity index (χ0n) is 16.6. The maximum atomic E-state index is 12.7. The number of hydrogen-bond acceptors (Lipinski definition) is 5. The van der Waals surface area contributed by atoms with Crippen molar-refractivity contribution in [3.63, 3.8) is 0 Å². The van der Waals surface area contributed by atoms with Gasteiger partial charge >= 0.3 is 6.09 Å². The third-order valence-electron chi connectivity index (χ3n) is 4.39. The summed E-state index contributed by atoms with van der Waals surface area (Å²) in [4.78, 5) is 28.2. The fourth-order valence-corrected chi connectivity index (χ4v) is 4.01. The Morgan fingerprint density at radius 1 is 1.32 bits per heavy atom. The number of anilines is 1. The van der Waals surface area contributed by atoms with Gasteiger partial charge in [-0.05, 0) is 45.4 Å². The van der Waals surface area contributed by atoms with Gasteiger partial charge in [-0.1, -0.05) is 24.6 Å². The van der Waals surface area contributed by atoms with E-state index in [1.165, 1.54) is 9.80 Å². The normalized spacial score (nSPS) is 18.3. The Balaban J connectivity index is 2.27. The van der Waals surface area contributed by atoms with Crippen molar-refractivity contribution in [3.05, 3.63) is 29.3 Å². The molecular weight excluding hydrogens is 404 g/mol. The van der Waals surface area contributed by atoms with E-state index in [0.717, 1.165) is 0 Å². The fourth-order valence-electron chi connectivity index (χ4n) is 2.91. The van der Waals surface area contributed by atoms with Crippen molar-refractivity contribution in [1.82, 2.24) is 4.90 Å². The predicted molar refractivity (Wildman–Crippen MR) is 109 cm³/mol. The Hall–Kier alpha value is -1.80. The lowest BCUT2D eigenvalue weighted by molar-refractivity contribution is -0.122. The number of carbonyl (C=O) groups is 2. The standard InChI is InChI=1S/C19H27ClN2O5S/c1-5-28(25,26)10-9-16-12-21(15-8-6-7-14(20)11-15)17(23)13-22(16)18(24)27-19(2,3)4/h6-8,11,16H,5,9-10,12-13H2,1-4H3/t16-/m0/s1. The third kappa shape index (κ3) is 6.10. The largest absolute Gasteiger partial charge is 0.444 e. The molecule has 9 heteroatoms. The van der Waals surface area contributed by atoms with Gasteiger partial charge in [0.25, 0.3) is 0 Å². The molecule has 0 saturated carbocycles. The maximum Gasteiger partial charge on any atom is 0.411 e. The molecule has 1 aromatic carbocycles. The van der Waals surface area contributed by atoms with E-state index >= 15 is 0 Å². The second-order valence-corrected chi connectivity index (χ2v) is 10.7. The van der Waals surface area contributed by atoms with Crippen molar-refractivity contribution < 1.29 is 22.7 Å². The van der Waals surface area contributed by atoms with Gasteiger partial charge in [0.05, 0.1) is 11.8 Å². The monoisotopic (exact) mass is 430 g/mol. The van der Waals surface area contributed by atoms with Crippen LogP contribution in [0.3, 0.4) is 0 Å². The van der Waals surface area contributed by atoms with Crippen LogP contribution in [0.15, 0.2) is 24.3 Å². The highest BCUT2D eigenvalue weighted by Gasteiger charge is 2.38. The molecule has 1 fully saturated rings. The van der Waals surface area contributed by atoms with Crippen LogP contribution in [0.1, 0.15) is 34.1 Å². The molecule has 1 saturated heterocycles. The van der Waals surface area contributed by atoms with Gasteiger partial charge in [0, 0.05) is 23.0 Å². The summed E-state index contributed by atoms with van der Waals surface area (Å²) in [5.41, 5.74) is -0.103. The van der Waals surface area contributed by atoms with E-state index in [-0.39, 0.29) is 36.9 Å². The Labute approximate surface area is 171 Å². The van der Waals surface area contributed by atoms with Gasteiger partial charge < -0.3 is 9.64 Å². The number of carbonyl (C=O) groups excluding carboxylic acids is 2. The van der Waals surface area contributed by atoms with Crippen LogP contribution in [0.5, 0.6) is 0 Å². The zero-order valence-corrected chi connectivity index (χ0v) is 18.2. The molecule has 2 amide bonds. The molecule has 1 aliphatic rings. The molecular formula is C19H27ClN2O5S. The van der Waals surface area contributed by atoms with E-state index in [1.807, 2.05) is 0 Å². The first-order chi connectivity index (χ1) is 12.9. The predicted octanol–water partition coefficient (Wildman–Crippen LogP) is 3.12. The summed E-state index contributed by atoms with van der Waals surface area (Å²) in [6.07, 6.45) is -0.398. The van der Waals surface area contributed by atoms with Gasteiger partial charge in [0.1, 0.15) is 22.0 Å². The summed E-state index contributed by atoms with van der Waals surface area (Å²) < 4.78 is 29.4. The minimum Gasteiger partial charge on any atom is -0.444 e. The van der Waals surface area contributed by atoms with Gasteiger partial charge in [0.2, 0.25) is 5.91 Å². The van der Waals surface area contributed by atoms with Crippen LogP contribution in [0.2, 0.25) is 5.02 Å². The van der Waals surface area contributed by atoms with E-state index in [9.17, 15) is 18.0 Å². The molecule has 2 rings (SSSR count). The smallest absolute Gasteiger partial charge is 0.411 e. The fraction of sp³-hybridized carbons (Fsp3) is 0.579. The quantitative estimate of drug-likeness (QED) is 0.716. The van der Waals surface area contributed by atoms with Crippen molar-refractivity contribution >= 4 is 39.1 Å². The highest BCUT2D eigenvalue weighted by atomic mass is 35.5. The number of halogens is 1. The Morgan fingerprint density at radius 3 is 2.57 bits per heavy atom. The summed E-state index contributed by atoms with van der Waals surface area (Å²) in [6, 6.07) is 6.39. The van der Waals surface area contributed by atoms with Crippen LogP contribution >= 0.6 is 11.6 Å². The zero-order chi connectivity index (χ0) is 21.1. The Kier molecular flexibility index (Phi) is 6.98. The van der Waals surface area contributed by atoms with Gasteiger partial charge in [-0.25, -0.2) is 13.2 Å². The second-order valence-electron chi connectivity index (χ2n) is 7.77.